The van der Waals surface area contributed by atoms with Crippen molar-refractivity contribution in [3.05, 3.63) is 88.9 Å². The molecular formula is C25H24N4O2S2. The van der Waals surface area contributed by atoms with Gasteiger partial charge in [-0.3, -0.25) is 0 Å². The van der Waals surface area contributed by atoms with E-state index in [1.54, 1.807) is 0 Å². The molecule has 0 spiro atoms. The van der Waals surface area contributed by atoms with Crippen molar-refractivity contribution < 1.29 is 9.53 Å². The van der Waals surface area contributed by atoms with Crippen molar-refractivity contribution in [2.24, 2.45) is 0 Å². The van der Waals surface area contributed by atoms with Crippen molar-refractivity contribution in [3.8, 4) is 16.9 Å². The van der Waals surface area contributed by atoms with E-state index in [-0.39, 0.29) is 5.97 Å². The molecule has 0 radical (unpaired) electrons. The zero-order chi connectivity index (χ0) is 23.2. The minimum Gasteiger partial charge on any atom is -0.465 e. The van der Waals surface area contributed by atoms with Crippen LogP contribution in [0.3, 0.4) is 0 Å². The minimum atomic E-state index is -0.383. The van der Waals surface area contributed by atoms with Crippen LogP contribution in [0.25, 0.3) is 16.9 Å². The van der Waals surface area contributed by atoms with E-state index in [9.17, 15) is 4.79 Å². The molecule has 6 nitrogen and oxygen atoms in total. The van der Waals surface area contributed by atoms with Crippen LogP contribution in [0.15, 0.2) is 72.9 Å². The van der Waals surface area contributed by atoms with Crippen LogP contribution in [0.1, 0.15) is 27.7 Å². The Hall–Kier alpha value is -3.49. The highest BCUT2D eigenvalue weighted by atomic mass is 32.1. The first-order valence-corrected chi connectivity index (χ1v) is 11.8. The first-order chi connectivity index (χ1) is 16.1. The normalized spacial score (nSPS) is 10.6. The highest BCUT2D eigenvalue weighted by molar-refractivity contribution is 7.80. The van der Waals surface area contributed by atoms with Crippen LogP contribution in [-0.2, 0) is 17.7 Å². The van der Waals surface area contributed by atoms with Gasteiger partial charge in [0, 0.05) is 28.7 Å². The fraction of sp³-hybridized carbons (Fsp3) is 0.160. The van der Waals surface area contributed by atoms with E-state index in [4.69, 9.17) is 22.1 Å². The summed E-state index contributed by atoms with van der Waals surface area (Å²) in [4.78, 5) is 13.2. The number of nitrogens with one attached hydrogen (secondary N) is 2. The monoisotopic (exact) mass is 476 g/mol. The second-order valence-corrected chi connectivity index (χ2v) is 8.80. The summed E-state index contributed by atoms with van der Waals surface area (Å²) in [7, 11) is 1.38. The maximum Gasteiger partial charge on any atom is 0.340 e. The summed E-state index contributed by atoms with van der Waals surface area (Å²) >= 11 is 7.03. The molecule has 2 aromatic heterocycles. The first-order valence-electron chi connectivity index (χ1n) is 10.5. The number of anilines is 1. The number of aryl methyl sites for hydroxylation is 1. The maximum absolute atomic E-state index is 12.1. The molecule has 0 amide bonds. The second kappa shape index (κ2) is 10.4. The van der Waals surface area contributed by atoms with Crippen LogP contribution in [0.5, 0.6) is 0 Å². The van der Waals surface area contributed by atoms with E-state index in [1.807, 2.05) is 84.5 Å². The zero-order valence-electron chi connectivity index (χ0n) is 18.4. The number of methoxy groups -OCH3 is 1. The Morgan fingerprint density at radius 3 is 2.48 bits per heavy atom. The third-order valence-electron chi connectivity index (χ3n) is 5.06. The summed E-state index contributed by atoms with van der Waals surface area (Å²) in [5.41, 5.74) is 4.39. The van der Waals surface area contributed by atoms with Gasteiger partial charge in [-0.1, -0.05) is 55.5 Å². The molecule has 0 aliphatic heterocycles. The molecule has 2 heterocycles. The van der Waals surface area contributed by atoms with Crippen LogP contribution in [0, 0.1) is 0 Å². The quantitative estimate of drug-likeness (QED) is 0.274. The molecule has 8 heteroatoms. The molecule has 0 bridgehead atoms. The summed E-state index contributed by atoms with van der Waals surface area (Å²) in [6.07, 6.45) is 2.84. The van der Waals surface area contributed by atoms with Crippen molar-refractivity contribution >= 4 is 39.6 Å². The molecule has 0 fully saturated rings. The SMILES string of the molecule is CCc1cc(C(=O)OC)c(NC(=S)NCc2cn(-c3ccccc3)nc2-c2ccccc2)s1. The van der Waals surface area contributed by atoms with Gasteiger partial charge >= 0.3 is 5.97 Å². The fourth-order valence-corrected chi connectivity index (χ4v) is 4.61. The lowest BCUT2D eigenvalue weighted by molar-refractivity contribution is 0.0602. The Morgan fingerprint density at radius 1 is 1.12 bits per heavy atom. The van der Waals surface area contributed by atoms with E-state index >= 15 is 0 Å². The smallest absolute Gasteiger partial charge is 0.340 e. The molecule has 0 saturated carbocycles. The first kappa shape index (κ1) is 22.7. The van der Waals surface area contributed by atoms with Crippen LogP contribution in [0.4, 0.5) is 5.00 Å². The lowest BCUT2D eigenvalue weighted by Crippen LogP contribution is -2.28. The number of thiophene rings is 1. The maximum atomic E-state index is 12.1. The summed E-state index contributed by atoms with van der Waals surface area (Å²) < 4.78 is 6.78. The van der Waals surface area contributed by atoms with Crippen molar-refractivity contribution in [2.45, 2.75) is 19.9 Å². The number of benzene rings is 2. The highest BCUT2D eigenvalue weighted by Gasteiger charge is 2.18. The number of carbonyl (C=O) groups is 1. The third kappa shape index (κ3) is 5.30. The van der Waals surface area contributed by atoms with Gasteiger partial charge in [0.25, 0.3) is 0 Å². The van der Waals surface area contributed by atoms with Crippen LogP contribution in [0.2, 0.25) is 0 Å². The van der Waals surface area contributed by atoms with Gasteiger partial charge in [0.15, 0.2) is 5.11 Å². The number of esters is 1. The molecule has 2 N–H and O–H groups in total. The summed E-state index contributed by atoms with van der Waals surface area (Å²) in [5.74, 6) is -0.383. The van der Waals surface area contributed by atoms with Gasteiger partial charge in [0.05, 0.1) is 24.1 Å². The van der Waals surface area contributed by atoms with Crippen LogP contribution < -0.4 is 10.6 Å². The number of rotatable bonds is 7. The molecule has 2 aromatic carbocycles. The molecule has 0 aliphatic carbocycles. The van der Waals surface area contributed by atoms with Gasteiger partial charge in [-0.25, -0.2) is 9.48 Å². The largest absolute Gasteiger partial charge is 0.465 e. The van der Waals surface area contributed by atoms with E-state index in [1.165, 1.54) is 18.4 Å². The molecule has 33 heavy (non-hydrogen) atoms. The van der Waals surface area contributed by atoms with Gasteiger partial charge in [0.2, 0.25) is 0 Å². The average Bonchev–Trinajstić information content (AvgIpc) is 3.47. The number of thiocarbonyl (C=S) groups is 1. The molecule has 0 aliphatic rings. The second-order valence-electron chi connectivity index (χ2n) is 7.26. The lowest BCUT2D eigenvalue weighted by Gasteiger charge is -2.10. The molecule has 4 aromatic rings. The van der Waals surface area contributed by atoms with Gasteiger partial charge in [-0.05, 0) is 36.8 Å². The topological polar surface area (TPSA) is 68.2 Å². The highest BCUT2D eigenvalue weighted by Crippen LogP contribution is 2.29. The third-order valence-corrected chi connectivity index (χ3v) is 6.50. The number of carbonyl (C=O) groups excluding carboxylic acids is 1. The minimum absolute atomic E-state index is 0.383. The Kier molecular flexibility index (Phi) is 7.16. The zero-order valence-corrected chi connectivity index (χ0v) is 20.0. The molecule has 0 saturated heterocycles. The van der Waals surface area contributed by atoms with E-state index in [0.29, 0.717) is 22.2 Å². The summed E-state index contributed by atoms with van der Waals surface area (Å²) in [6, 6.07) is 21.9. The van der Waals surface area contributed by atoms with E-state index < -0.39 is 0 Å². The molecule has 168 valence electrons. The Bertz CT molecular complexity index is 1250. The Balaban J connectivity index is 1.54. The standard InChI is InChI=1S/C25H24N4O2S2/c1-3-20-14-21(24(30)31-2)23(33-20)27-25(32)26-15-18-16-29(19-12-8-5-9-13-19)28-22(18)17-10-6-4-7-11-17/h4-14,16H,3,15H2,1-2H3,(H2,26,27,32). The van der Waals surface area contributed by atoms with E-state index in [2.05, 4.69) is 10.6 Å². The Labute approximate surface area is 202 Å². The van der Waals surface area contributed by atoms with Gasteiger partial charge in [-0.15, -0.1) is 11.3 Å². The van der Waals surface area contributed by atoms with E-state index in [0.717, 1.165) is 33.8 Å². The molecular weight excluding hydrogens is 452 g/mol. The number of para-hydroxylation sites is 1. The number of nitrogens with zero attached hydrogens (tertiary/aromatic N) is 2. The van der Waals surface area contributed by atoms with Crippen molar-refractivity contribution in [1.82, 2.24) is 15.1 Å². The molecule has 0 atom stereocenters. The predicted octanol–water partition coefficient (Wildman–Crippen LogP) is 5.44. The predicted molar refractivity (Wildman–Crippen MR) is 137 cm³/mol. The molecule has 0 unspecified atom stereocenters. The number of hydrogen-bond donors (Lipinski definition) is 2. The average molecular weight is 477 g/mol. The Morgan fingerprint density at radius 2 is 1.82 bits per heavy atom. The summed E-state index contributed by atoms with van der Waals surface area (Å²) in [5, 5.41) is 12.4. The fourth-order valence-electron chi connectivity index (χ4n) is 3.38. The number of hydrogen-bond acceptors (Lipinski definition) is 5. The number of aromatic nitrogens is 2. The molecule has 4 rings (SSSR count). The van der Waals surface area contributed by atoms with Crippen molar-refractivity contribution in [3.63, 3.8) is 0 Å². The van der Waals surface area contributed by atoms with Gasteiger partial charge in [-0.2, -0.15) is 5.10 Å². The van der Waals surface area contributed by atoms with Gasteiger partial charge in [0.1, 0.15) is 5.00 Å². The van der Waals surface area contributed by atoms with Crippen molar-refractivity contribution in [1.29, 1.82) is 0 Å². The van der Waals surface area contributed by atoms with Crippen molar-refractivity contribution in [2.75, 3.05) is 12.4 Å². The summed E-state index contributed by atoms with van der Waals surface area (Å²) in [6.45, 7) is 2.52. The van der Waals surface area contributed by atoms with Crippen LogP contribution >= 0.6 is 23.6 Å². The lowest BCUT2D eigenvalue weighted by atomic mass is 10.1. The van der Waals surface area contributed by atoms with Crippen LogP contribution in [-0.4, -0.2) is 28.0 Å². The number of ether oxygens (including phenoxy) is 1. The van der Waals surface area contributed by atoms with Gasteiger partial charge < -0.3 is 15.4 Å².